The third-order valence-electron chi connectivity index (χ3n) is 5.01. The van der Waals surface area contributed by atoms with Crippen molar-refractivity contribution >= 4 is 11.9 Å². The topological polar surface area (TPSA) is 63.4 Å². The molecule has 6 nitrogen and oxygen atoms in total. The number of hydrogen-bond acceptors (Lipinski definition) is 6. The fourth-order valence-electron chi connectivity index (χ4n) is 3.62. The molecule has 0 aliphatic carbocycles. The van der Waals surface area contributed by atoms with E-state index in [9.17, 15) is 0 Å². The Hall–Kier alpha value is -2.18. The summed E-state index contributed by atoms with van der Waals surface area (Å²) in [5.74, 6) is 2.75. The Balaban J connectivity index is 1.43. The summed E-state index contributed by atoms with van der Waals surface area (Å²) in [6.45, 7) is 6.52. The standard InChI is InChI=1S/C20H26N4O2/c1-15-21-19-7-11-24(9-2-4-17-5-3-12-26-17)10-6-18(19)20(22-15)23-16-8-13-25-14-16/h2-5,12,16H,6-11,13-14H2,1H3,(H,21,22,23)/b4-2+/t16-/m0/s1. The zero-order valence-corrected chi connectivity index (χ0v) is 15.3. The molecule has 2 aromatic heterocycles. The van der Waals surface area contributed by atoms with Crippen LogP contribution in [-0.2, 0) is 17.6 Å². The maximum atomic E-state index is 5.49. The van der Waals surface area contributed by atoms with Crippen LogP contribution in [0.5, 0.6) is 0 Å². The number of nitrogens with one attached hydrogen (secondary N) is 1. The predicted molar refractivity (Wildman–Crippen MR) is 101 cm³/mol. The second-order valence-corrected chi connectivity index (χ2v) is 6.97. The van der Waals surface area contributed by atoms with Crippen molar-refractivity contribution in [3.05, 3.63) is 47.3 Å². The molecule has 0 amide bonds. The molecule has 1 N–H and O–H groups in total. The van der Waals surface area contributed by atoms with Crippen molar-refractivity contribution in [2.45, 2.75) is 32.2 Å². The summed E-state index contributed by atoms with van der Waals surface area (Å²) in [7, 11) is 0. The molecule has 6 heteroatoms. The Labute approximate surface area is 154 Å². The molecule has 1 atom stereocenters. The molecule has 138 valence electrons. The molecule has 2 aromatic rings. The van der Waals surface area contributed by atoms with Crippen molar-refractivity contribution in [2.75, 3.05) is 38.2 Å². The Morgan fingerprint density at radius 3 is 3.04 bits per heavy atom. The zero-order valence-electron chi connectivity index (χ0n) is 15.3. The molecule has 0 unspecified atom stereocenters. The maximum absolute atomic E-state index is 5.49. The lowest BCUT2D eigenvalue weighted by Crippen LogP contribution is -2.26. The Kier molecular flexibility index (Phi) is 5.32. The van der Waals surface area contributed by atoms with Crippen LogP contribution in [0.2, 0.25) is 0 Å². The normalized spacial score (nSPS) is 21.0. The molecule has 0 aromatic carbocycles. The summed E-state index contributed by atoms with van der Waals surface area (Å²) in [4.78, 5) is 11.9. The van der Waals surface area contributed by atoms with Gasteiger partial charge in [-0.1, -0.05) is 6.08 Å². The van der Waals surface area contributed by atoms with E-state index in [-0.39, 0.29) is 0 Å². The van der Waals surface area contributed by atoms with Crippen LogP contribution >= 0.6 is 0 Å². The average molecular weight is 354 g/mol. The van der Waals surface area contributed by atoms with E-state index in [0.717, 1.165) is 69.5 Å². The van der Waals surface area contributed by atoms with Crippen molar-refractivity contribution in [1.29, 1.82) is 0 Å². The molecule has 1 saturated heterocycles. The number of aryl methyl sites for hydroxylation is 1. The molecule has 2 aliphatic rings. The molecule has 1 fully saturated rings. The minimum absolute atomic E-state index is 0.365. The number of anilines is 1. The molecule has 0 radical (unpaired) electrons. The first-order valence-electron chi connectivity index (χ1n) is 9.41. The van der Waals surface area contributed by atoms with Gasteiger partial charge in [0.25, 0.3) is 0 Å². The van der Waals surface area contributed by atoms with Crippen molar-refractivity contribution < 1.29 is 9.15 Å². The highest BCUT2D eigenvalue weighted by Gasteiger charge is 2.22. The molecule has 4 rings (SSSR count). The molecule has 0 saturated carbocycles. The molecular formula is C20H26N4O2. The van der Waals surface area contributed by atoms with Crippen molar-refractivity contribution in [3.63, 3.8) is 0 Å². The van der Waals surface area contributed by atoms with Gasteiger partial charge < -0.3 is 14.5 Å². The number of ether oxygens (including phenoxy) is 1. The van der Waals surface area contributed by atoms with E-state index in [4.69, 9.17) is 14.1 Å². The first-order chi connectivity index (χ1) is 12.8. The summed E-state index contributed by atoms with van der Waals surface area (Å²) in [5.41, 5.74) is 2.47. The fraction of sp³-hybridized carbons (Fsp3) is 0.500. The number of furan rings is 1. The second kappa shape index (κ2) is 8.01. The van der Waals surface area contributed by atoms with Gasteiger partial charge in [0.05, 0.1) is 24.6 Å². The molecule has 4 heterocycles. The lowest BCUT2D eigenvalue weighted by molar-refractivity contribution is 0.195. The van der Waals surface area contributed by atoms with E-state index >= 15 is 0 Å². The molecule has 26 heavy (non-hydrogen) atoms. The number of rotatable bonds is 5. The van der Waals surface area contributed by atoms with Crippen LogP contribution in [0.25, 0.3) is 6.08 Å². The third kappa shape index (κ3) is 4.14. The fourth-order valence-corrected chi connectivity index (χ4v) is 3.62. The van der Waals surface area contributed by atoms with Crippen molar-refractivity contribution in [1.82, 2.24) is 14.9 Å². The maximum Gasteiger partial charge on any atom is 0.133 e. The first kappa shape index (κ1) is 17.2. The average Bonchev–Trinajstić information content (AvgIpc) is 3.28. The van der Waals surface area contributed by atoms with E-state index in [1.807, 2.05) is 25.1 Å². The van der Waals surface area contributed by atoms with Crippen molar-refractivity contribution in [2.24, 2.45) is 0 Å². The molecular weight excluding hydrogens is 328 g/mol. The summed E-state index contributed by atoms with van der Waals surface area (Å²) in [5, 5.41) is 3.59. The summed E-state index contributed by atoms with van der Waals surface area (Å²) in [6, 6.07) is 4.24. The summed E-state index contributed by atoms with van der Waals surface area (Å²) in [6.07, 6.45) is 8.88. The van der Waals surface area contributed by atoms with Gasteiger partial charge in [-0.3, -0.25) is 4.90 Å². The molecule has 0 bridgehead atoms. The van der Waals surface area contributed by atoms with Crippen LogP contribution in [-0.4, -0.2) is 53.8 Å². The lowest BCUT2D eigenvalue weighted by atomic mass is 10.1. The van der Waals surface area contributed by atoms with Crippen LogP contribution in [0.15, 0.2) is 28.9 Å². The summed E-state index contributed by atoms with van der Waals surface area (Å²) >= 11 is 0. The van der Waals surface area contributed by atoms with Crippen LogP contribution in [0.1, 0.15) is 29.3 Å². The monoisotopic (exact) mass is 354 g/mol. The number of fused-ring (bicyclic) bond motifs is 1. The van der Waals surface area contributed by atoms with Crippen LogP contribution in [0.3, 0.4) is 0 Å². The van der Waals surface area contributed by atoms with Gasteiger partial charge in [-0.05, 0) is 38.0 Å². The van der Waals surface area contributed by atoms with Gasteiger partial charge >= 0.3 is 0 Å². The smallest absolute Gasteiger partial charge is 0.133 e. The van der Waals surface area contributed by atoms with Gasteiger partial charge in [0.1, 0.15) is 17.4 Å². The number of hydrogen-bond donors (Lipinski definition) is 1. The number of nitrogens with zero attached hydrogens (tertiary/aromatic N) is 3. The highest BCUT2D eigenvalue weighted by molar-refractivity contribution is 5.48. The Morgan fingerprint density at radius 1 is 1.31 bits per heavy atom. The van der Waals surface area contributed by atoms with E-state index in [0.29, 0.717) is 6.04 Å². The first-order valence-corrected chi connectivity index (χ1v) is 9.41. The Morgan fingerprint density at radius 2 is 2.23 bits per heavy atom. The van der Waals surface area contributed by atoms with Gasteiger partial charge in [0, 0.05) is 38.2 Å². The van der Waals surface area contributed by atoms with Gasteiger partial charge in [-0.2, -0.15) is 0 Å². The largest absolute Gasteiger partial charge is 0.465 e. The van der Waals surface area contributed by atoms with Crippen LogP contribution in [0, 0.1) is 6.92 Å². The van der Waals surface area contributed by atoms with Gasteiger partial charge in [0.15, 0.2) is 0 Å². The van der Waals surface area contributed by atoms with E-state index in [1.165, 1.54) is 11.3 Å². The van der Waals surface area contributed by atoms with Gasteiger partial charge in [0.2, 0.25) is 0 Å². The SMILES string of the molecule is Cc1nc2c(c(N[C@H]3CCOC3)n1)CCN(C/C=C/c1ccco1)CC2. The predicted octanol–water partition coefficient (Wildman–Crippen LogP) is 2.69. The quantitative estimate of drug-likeness (QED) is 0.891. The van der Waals surface area contributed by atoms with E-state index < -0.39 is 0 Å². The highest BCUT2D eigenvalue weighted by Crippen LogP contribution is 2.23. The minimum Gasteiger partial charge on any atom is -0.465 e. The second-order valence-electron chi connectivity index (χ2n) is 6.97. The van der Waals surface area contributed by atoms with Crippen molar-refractivity contribution in [3.8, 4) is 0 Å². The van der Waals surface area contributed by atoms with Gasteiger partial charge in [-0.15, -0.1) is 0 Å². The van der Waals surface area contributed by atoms with E-state index in [1.54, 1.807) is 6.26 Å². The van der Waals surface area contributed by atoms with Crippen LogP contribution < -0.4 is 5.32 Å². The Bertz CT molecular complexity index is 751. The van der Waals surface area contributed by atoms with Crippen LogP contribution in [0.4, 0.5) is 5.82 Å². The molecule has 0 spiro atoms. The van der Waals surface area contributed by atoms with Gasteiger partial charge in [-0.25, -0.2) is 9.97 Å². The minimum atomic E-state index is 0.365. The third-order valence-corrected chi connectivity index (χ3v) is 5.01. The lowest BCUT2D eigenvalue weighted by Gasteiger charge is -2.18. The summed E-state index contributed by atoms with van der Waals surface area (Å²) < 4.78 is 10.8. The number of aromatic nitrogens is 2. The molecule has 2 aliphatic heterocycles. The van der Waals surface area contributed by atoms with E-state index in [2.05, 4.69) is 21.3 Å². The zero-order chi connectivity index (χ0) is 17.8. The highest BCUT2D eigenvalue weighted by atomic mass is 16.5.